The third-order valence-electron chi connectivity index (χ3n) is 30.4. The number of carbonyl (C=O) groups is 10. The molecule has 4 spiro atoms. The van der Waals surface area contributed by atoms with E-state index in [1.165, 1.54) is 25.2 Å². The van der Waals surface area contributed by atoms with Crippen molar-refractivity contribution in [3.05, 3.63) is 189 Å². The molecular formula is C99H112N4O32. The van der Waals surface area contributed by atoms with Gasteiger partial charge in [-0.2, -0.15) is 0 Å². The normalized spacial score (nSPS) is 31.7. The quantitative estimate of drug-likeness (QED) is 0.0259. The van der Waals surface area contributed by atoms with Gasteiger partial charge in [-0.3, -0.25) is 4.79 Å². The van der Waals surface area contributed by atoms with Crippen LogP contribution in [0.25, 0.3) is 0 Å². The number of aromatic hydroxyl groups is 4. The van der Waals surface area contributed by atoms with Crippen LogP contribution < -0.4 is 18.9 Å². The number of carboxylic acid groups (broad SMARTS) is 2. The standard InChI is InChI=1S/2C25H27NO9.2C24H27NO7.CH4/c1-3-15(23(30)31)33-18(28)6-7-19(29)34-16-8-9-25(32)17-12-13-4-5-14(27)21-20(13)24(25,22(16)35-21)10-11-26(17)2;1-3-4-18(28)34-16(23(30)31)12-19(29)33-15-7-8-25(32)17-11-13-5-6-14(27)21-20(13)24(25,22(15)35-21)9-10-26(17)2;1-13(2)30-18(27)6-7-19(28)31-16-8-9-24(29)17-12-14-4-5-15(26)21-20(14)23(24,22(16)32-21)10-11-25(17)3;1-4-5-18(27)30-13(2)22(28)31-16-8-9-24(29)17-12-14-6-7-15(26)20-19(14)23(24,21(16)32-20)10-11-25(17)3;/h4-8,15,17,22,27,32H,3,9-12H2,1-2H3,(H,30,31);3-7,16-17,22,27,32H,8-12H2,1-2H3,(H,30,31);4-8,13,17,22,26,29H,9-12H2,1-3H3;4-8,13,17,21,26,29H,9-12H2,1-3H3;1H4/b7-6+;4-3+;7-6+;5-4+;/t15-,17+,22?,24?,25+;16-,17+,22?,24?,25+;17-,22?,23?,24-;13-,17+,21?,23?,24+;/m0010./s1. The van der Waals surface area contributed by atoms with Crippen molar-refractivity contribution in [2.75, 3.05) is 54.4 Å². The van der Waals surface area contributed by atoms with Crippen LogP contribution in [0, 0.1) is 0 Å². The SMILES string of the molecule is C.C/C=C/C(=O)O[C@@H](C)C(=O)OC1=CC[C@@]2(O)[C@H]3Cc4ccc(O)c5c4C2(CCN3C)C1O5.C/C=C/C(=O)O[C@@H](CC(=O)OC1=CC[C@@]2(O)[C@H]3Cc4ccc(O)c5c4C2(CCN3C)C1O5)C(=O)O.CC(C)OC(=O)/C=C/C(=O)OC1=CC[C@@]2(O)[C@H]3Cc4ccc(O)c5c4C2(CCN3C)C1O5.CC[C@H](OC(=O)/C=C/C(=O)OC1=CC[C@@]2(O)[C@H]3Cc4ccc(O)c5c4C2(CCN3C)C1O5)C(=O)O. The summed E-state index contributed by atoms with van der Waals surface area (Å²) in [4.78, 5) is 129. The second kappa shape index (κ2) is 35.4. The molecule has 19 atom stereocenters. The molecule has 4 aromatic carbocycles. The number of carbonyl (C=O) groups excluding carboxylic acids is 8. The maximum Gasteiger partial charge on any atom is 0.352 e. The number of phenolic OH excluding ortho intramolecular Hbond substituents is 4. The molecule has 16 aliphatic rings. The molecule has 8 unspecified atom stereocenters. The highest BCUT2D eigenvalue weighted by atomic mass is 16.6. The van der Waals surface area contributed by atoms with E-state index >= 15 is 0 Å². The van der Waals surface area contributed by atoms with E-state index in [2.05, 4.69) is 19.6 Å². The van der Waals surface area contributed by atoms with Crippen molar-refractivity contribution >= 4 is 59.7 Å². The van der Waals surface area contributed by atoms with Crippen LogP contribution in [0.2, 0.25) is 0 Å². The topological polar surface area (TPSA) is 497 Å². The monoisotopic (exact) mass is 1870 g/mol. The zero-order chi connectivity index (χ0) is 95.9. The molecule has 8 bridgehead atoms. The minimum absolute atomic E-state index is 0. The summed E-state index contributed by atoms with van der Waals surface area (Å²) in [5, 5.41) is 109. The van der Waals surface area contributed by atoms with Gasteiger partial charge in [-0.05, 0) is 218 Å². The van der Waals surface area contributed by atoms with Crippen LogP contribution in [-0.2, 0) is 133 Å². The zero-order valence-electron chi connectivity index (χ0n) is 75.4. The predicted octanol–water partition coefficient (Wildman–Crippen LogP) is 6.43. The van der Waals surface area contributed by atoms with Crippen molar-refractivity contribution in [2.45, 2.75) is 256 Å². The fourth-order valence-corrected chi connectivity index (χ4v) is 24.5. The fourth-order valence-electron chi connectivity index (χ4n) is 24.5. The molecule has 36 heteroatoms. The molecule has 0 aromatic heterocycles. The van der Waals surface area contributed by atoms with Crippen molar-refractivity contribution in [3.63, 3.8) is 0 Å². The Morgan fingerprint density at radius 1 is 0.400 bits per heavy atom. The van der Waals surface area contributed by atoms with Crippen molar-refractivity contribution < 1.29 is 156 Å². The molecule has 36 nitrogen and oxygen atoms in total. The van der Waals surface area contributed by atoms with Crippen LogP contribution in [0.3, 0.4) is 0 Å². The van der Waals surface area contributed by atoms with Gasteiger partial charge in [0.2, 0.25) is 6.10 Å². The average Bonchev–Trinajstić information content (AvgIpc) is 1.55. The first-order valence-corrected chi connectivity index (χ1v) is 45.0. The van der Waals surface area contributed by atoms with Gasteiger partial charge in [0, 0.05) is 109 Å². The lowest BCUT2D eigenvalue weighted by molar-refractivity contribution is -0.174. The van der Waals surface area contributed by atoms with Gasteiger partial charge >= 0.3 is 59.7 Å². The number of phenols is 4. The molecular weight excluding hydrogens is 1760 g/mol. The van der Waals surface area contributed by atoms with Crippen LogP contribution in [0.1, 0.15) is 158 Å². The number of carboxylic acids is 2. The van der Waals surface area contributed by atoms with E-state index in [0.29, 0.717) is 81.7 Å². The van der Waals surface area contributed by atoms with Gasteiger partial charge < -0.3 is 128 Å². The lowest BCUT2D eigenvalue weighted by Crippen LogP contribution is -2.74. The maximum absolute atomic E-state index is 12.7. The van der Waals surface area contributed by atoms with E-state index in [1.54, 1.807) is 83.2 Å². The Morgan fingerprint density at radius 2 is 0.681 bits per heavy atom. The average molecular weight is 1870 g/mol. The predicted molar refractivity (Wildman–Crippen MR) is 472 cm³/mol. The zero-order valence-corrected chi connectivity index (χ0v) is 75.4. The molecule has 0 amide bonds. The number of aliphatic carboxylic acids is 2. The molecule has 8 heterocycles. The van der Waals surface area contributed by atoms with Crippen LogP contribution in [0.4, 0.5) is 0 Å². The summed E-state index contributed by atoms with van der Waals surface area (Å²) in [5.74, 6) is -7.01. The van der Waals surface area contributed by atoms with Crippen LogP contribution >= 0.6 is 0 Å². The number of likely N-dealkylation sites (N-methyl/N-ethyl adjacent to an activating group) is 4. The summed E-state index contributed by atoms with van der Waals surface area (Å²) in [6, 6.07) is 13.2. The molecule has 4 fully saturated rings. The molecule has 0 radical (unpaired) electrons. The first-order valence-electron chi connectivity index (χ1n) is 45.0. The van der Waals surface area contributed by atoms with Gasteiger partial charge in [0.15, 0.2) is 82.6 Å². The Morgan fingerprint density at radius 3 is 0.985 bits per heavy atom. The summed E-state index contributed by atoms with van der Waals surface area (Å²) in [5.41, 5.74) is -0.932. The van der Waals surface area contributed by atoms with E-state index in [9.17, 15) is 93.9 Å². The molecule has 135 heavy (non-hydrogen) atoms. The first kappa shape index (κ1) is 95.7. The second-order valence-corrected chi connectivity index (χ2v) is 37.5. The van der Waals surface area contributed by atoms with Gasteiger partial charge in [0.1, 0.15) is 23.0 Å². The van der Waals surface area contributed by atoms with Crippen molar-refractivity contribution in [3.8, 4) is 46.0 Å². The molecule has 0 saturated carbocycles. The van der Waals surface area contributed by atoms with Gasteiger partial charge in [-0.25, -0.2) is 43.2 Å². The lowest BCUT2D eigenvalue weighted by atomic mass is 9.50. The van der Waals surface area contributed by atoms with E-state index in [4.69, 9.17) is 61.9 Å². The number of hydrogen-bond donors (Lipinski definition) is 10. The molecule has 20 rings (SSSR count). The summed E-state index contributed by atoms with van der Waals surface area (Å²) < 4.78 is 67.0. The number of allylic oxidation sites excluding steroid dienone is 2. The molecule has 4 aromatic rings. The Kier molecular flexibility index (Phi) is 25.1. The van der Waals surface area contributed by atoms with Crippen molar-refractivity contribution in [1.29, 1.82) is 0 Å². The van der Waals surface area contributed by atoms with Crippen LogP contribution in [0.15, 0.2) is 144 Å². The number of aliphatic hydroxyl groups is 4. The van der Waals surface area contributed by atoms with Crippen LogP contribution in [-0.4, -0.2) is 280 Å². The Hall–Kier alpha value is -12.4. The molecule has 8 aliphatic heterocycles. The van der Waals surface area contributed by atoms with Crippen molar-refractivity contribution in [2.24, 2.45) is 0 Å². The maximum atomic E-state index is 12.7. The highest BCUT2D eigenvalue weighted by Crippen LogP contribution is 2.71. The number of rotatable bonds is 20. The van der Waals surface area contributed by atoms with Gasteiger partial charge in [0.25, 0.3) is 0 Å². The number of nitrogens with zero attached hydrogens (tertiary/aromatic N) is 4. The second-order valence-electron chi connectivity index (χ2n) is 37.5. The summed E-state index contributed by atoms with van der Waals surface area (Å²) in [6.07, 6.45) is 13.0. The summed E-state index contributed by atoms with van der Waals surface area (Å²) in [7, 11) is 7.95. The summed E-state index contributed by atoms with van der Waals surface area (Å²) >= 11 is 0. The Bertz CT molecular complexity index is 5870. The number of likely N-dealkylation sites (tertiary alicyclic amines) is 4. The molecule has 8 aliphatic carbocycles. The Balaban J connectivity index is 0.000000131. The van der Waals surface area contributed by atoms with E-state index in [-0.39, 0.29) is 122 Å². The number of hydrogen-bond acceptors (Lipinski definition) is 34. The van der Waals surface area contributed by atoms with E-state index in [0.717, 1.165) is 88.0 Å². The van der Waals surface area contributed by atoms with Gasteiger partial charge in [-0.15, -0.1) is 0 Å². The summed E-state index contributed by atoms with van der Waals surface area (Å²) in [6.45, 7) is 12.5. The smallest absolute Gasteiger partial charge is 0.352 e. The van der Waals surface area contributed by atoms with E-state index < -0.39 is 153 Å². The van der Waals surface area contributed by atoms with Gasteiger partial charge in [0.05, 0.1) is 56.6 Å². The number of benzene rings is 4. The Labute approximate surface area is 776 Å². The third kappa shape index (κ3) is 14.9. The molecule has 720 valence electrons. The number of ether oxygens (including phenoxy) is 12. The van der Waals surface area contributed by atoms with Crippen molar-refractivity contribution in [1.82, 2.24) is 19.6 Å². The van der Waals surface area contributed by atoms with Crippen LogP contribution in [0.5, 0.6) is 46.0 Å². The highest BCUT2D eigenvalue weighted by molar-refractivity contribution is 5.94. The molecule has 10 N–H and O–H groups in total. The largest absolute Gasteiger partial charge is 0.504 e. The minimum atomic E-state index is -1.72. The fraction of sp³-hybridized carbons (Fsp3) is 0.495. The lowest BCUT2D eigenvalue weighted by Gasteiger charge is -2.61. The van der Waals surface area contributed by atoms with Gasteiger partial charge in [-0.1, -0.05) is 50.8 Å². The number of esters is 8. The van der Waals surface area contributed by atoms with E-state index in [1.807, 2.05) is 52.5 Å². The highest BCUT2D eigenvalue weighted by Gasteiger charge is 2.77. The first-order chi connectivity index (χ1) is 63.6. The molecule has 4 saturated heterocycles. The number of piperidine rings is 4. The minimum Gasteiger partial charge on any atom is -0.504 e. The third-order valence-corrected chi connectivity index (χ3v) is 30.4.